The van der Waals surface area contributed by atoms with Crippen LogP contribution in [0.25, 0.3) is 0 Å². The number of benzene rings is 1. The lowest BCUT2D eigenvalue weighted by Crippen LogP contribution is -2.46. The molecule has 2 fully saturated rings. The van der Waals surface area contributed by atoms with Gasteiger partial charge in [-0.1, -0.05) is 24.3 Å². The van der Waals surface area contributed by atoms with Crippen LogP contribution in [-0.4, -0.2) is 77.5 Å². The van der Waals surface area contributed by atoms with Crippen molar-refractivity contribution in [2.75, 3.05) is 45.9 Å². The van der Waals surface area contributed by atoms with Crippen LogP contribution in [0.2, 0.25) is 0 Å². The molecule has 2 saturated heterocycles. The van der Waals surface area contributed by atoms with E-state index in [4.69, 9.17) is 9.73 Å². The highest BCUT2D eigenvalue weighted by atomic mass is 127. The van der Waals surface area contributed by atoms with Gasteiger partial charge >= 0.3 is 0 Å². The second kappa shape index (κ2) is 11.7. The lowest BCUT2D eigenvalue weighted by molar-refractivity contribution is 0.0195. The molecule has 3 heterocycles. The number of aromatic nitrogens is 2. The van der Waals surface area contributed by atoms with Gasteiger partial charge in [-0.25, -0.2) is 4.99 Å². The number of hydrogen-bond acceptors (Lipinski definition) is 4. The molecule has 7 nitrogen and oxygen atoms in total. The summed E-state index contributed by atoms with van der Waals surface area (Å²) in [5.74, 6) is 1.03. The third kappa shape index (κ3) is 6.18. The van der Waals surface area contributed by atoms with E-state index in [1.165, 1.54) is 17.5 Å². The average molecular weight is 524 g/mol. The molecule has 0 spiro atoms. The van der Waals surface area contributed by atoms with Crippen molar-refractivity contribution in [1.29, 1.82) is 0 Å². The Morgan fingerprint density at radius 2 is 2.03 bits per heavy atom. The number of nitrogens with zero attached hydrogens (tertiary/aromatic N) is 5. The molecule has 0 saturated carbocycles. The largest absolute Gasteiger partial charge is 0.379 e. The number of ether oxygens (including phenoxy) is 1. The average Bonchev–Trinajstić information content (AvgIpc) is 3.44. The molecular weight excluding hydrogens is 491 g/mol. The monoisotopic (exact) mass is 524 g/mol. The Kier molecular flexibility index (Phi) is 8.95. The van der Waals surface area contributed by atoms with E-state index in [1.54, 1.807) is 0 Å². The molecule has 8 heteroatoms. The molecule has 1 N–H and O–H groups in total. The standard InChI is InChI=1S/C22H32N6O.HI/c1-2-23-22(27-10-7-21(18-27)26-11-13-29-14-12-26)24-16-19-5-3-6-20(15-19)17-28-9-4-8-25-28;/h3-6,8-9,15,21H,2,7,10-14,16-18H2,1H3,(H,23,24);1H. The first kappa shape index (κ1) is 23.0. The zero-order valence-corrected chi connectivity index (χ0v) is 20.1. The van der Waals surface area contributed by atoms with E-state index in [-0.39, 0.29) is 24.0 Å². The summed E-state index contributed by atoms with van der Waals surface area (Å²) < 4.78 is 7.45. The predicted molar refractivity (Wildman–Crippen MR) is 130 cm³/mol. The molecule has 0 aliphatic carbocycles. The number of guanidine groups is 1. The number of halogens is 1. The zero-order valence-electron chi connectivity index (χ0n) is 17.7. The quantitative estimate of drug-likeness (QED) is 0.358. The predicted octanol–water partition coefficient (Wildman–Crippen LogP) is 2.42. The van der Waals surface area contributed by atoms with Crippen LogP contribution in [0.5, 0.6) is 0 Å². The fourth-order valence-electron chi connectivity index (χ4n) is 4.17. The molecule has 1 unspecified atom stereocenters. The lowest BCUT2D eigenvalue weighted by Gasteiger charge is -2.32. The summed E-state index contributed by atoms with van der Waals surface area (Å²) in [4.78, 5) is 9.94. The number of hydrogen-bond donors (Lipinski definition) is 1. The highest BCUT2D eigenvalue weighted by molar-refractivity contribution is 14.0. The number of nitrogens with one attached hydrogen (secondary N) is 1. The minimum absolute atomic E-state index is 0. The van der Waals surface area contributed by atoms with Crippen molar-refractivity contribution in [2.24, 2.45) is 4.99 Å². The number of likely N-dealkylation sites (tertiary alicyclic amines) is 1. The number of rotatable bonds is 6. The Bertz CT molecular complexity index is 791. The van der Waals surface area contributed by atoms with Crippen LogP contribution in [0.4, 0.5) is 0 Å². The SMILES string of the molecule is CCNC(=NCc1cccc(Cn2cccn2)c1)N1CCC(N2CCOCC2)C1.I. The Morgan fingerprint density at radius 3 is 2.80 bits per heavy atom. The van der Waals surface area contributed by atoms with E-state index in [0.29, 0.717) is 12.6 Å². The number of aliphatic imine (C=N–C) groups is 1. The van der Waals surface area contributed by atoms with Crippen LogP contribution < -0.4 is 5.32 Å². The fraction of sp³-hybridized carbons (Fsp3) is 0.545. The first-order valence-electron chi connectivity index (χ1n) is 10.7. The van der Waals surface area contributed by atoms with Gasteiger partial charge in [0.05, 0.1) is 26.3 Å². The molecule has 0 radical (unpaired) electrons. The topological polar surface area (TPSA) is 57.9 Å². The zero-order chi connectivity index (χ0) is 19.9. The summed E-state index contributed by atoms with van der Waals surface area (Å²) in [7, 11) is 0. The minimum atomic E-state index is 0. The third-order valence-electron chi connectivity index (χ3n) is 5.67. The molecule has 1 aromatic carbocycles. The molecule has 0 amide bonds. The van der Waals surface area contributed by atoms with Crippen molar-refractivity contribution in [3.63, 3.8) is 0 Å². The Morgan fingerprint density at radius 1 is 1.20 bits per heavy atom. The van der Waals surface area contributed by atoms with Crippen molar-refractivity contribution >= 4 is 29.9 Å². The molecule has 30 heavy (non-hydrogen) atoms. The van der Waals surface area contributed by atoms with E-state index in [1.807, 2.05) is 23.1 Å². The summed E-state index contributed by atoms with van der Waals surface area (Å²) in [6.45, 7) is 10.4. The second-order valence-corrected chi connectivity index (χ2v) is 7.73. The van der Waals surface area contributed by atoms with Gasteiger partial charge in [-0.2, -0.15) is 5.10 Å². The lowest BCUT2D eigenvalue weighted by atomic mass is 10.1. The van der Waals surface area contributed by atoms with Gasteiger partial charge in [-0.05, 0) is 30.5 Å². The molecule has 2 aromatic rings. The maximum Gasteiger partial charge on any atom is 0.194 e. The van der Waals surface area contributed by atoms with Crippen molar-refractivity contribution in [2.45, 2.75) is 32.5 Å². The van der Waals surface area contributed by atoms with Crippen LogP contribution in [0.3, 0.4) is 0 Å². The van der Waals surface area contributed by atoms with E-state index in [0.717, 1.165) is 58.4 Å². The highest BCUT2D eigenvalue weighted by Gasteiger charge is 2.30. The summed E-state index contributed by atoms with van der Waals surface area (Å²) in [6, 6.07) is 11.2. The van der Waals surface area contributed by atoms with Gasteiger partial charge in [-0.3, -0.25) is 9.58 Å². The maximum atomic E-state index is 5.51. The van der Waals surface area contributed by atoms with Crippen LogP contribution >= 0.6 is 24.0 Å². The first-order valence-corrected chi connectivity index (χ1v) is 10.7. The molecule has 1 aromatic heterocycles. The van der Waals surface area contributed by atoms with E-state index >= 15 is 0 Å². The molecule has 4 rings (SSSR count). The van der Waals surface area contributed by atoms with Crippen LogP contribution in [0.15, 0.2) is 47.7 Å². The summed E-state index contributed by atoms with van der Waals surface area (Å²) in [5, 5.41) is 7.79. The maximum absolute atomic E-state index is 5.51. The highest BCUT2D eigenvalue weighted by Crippen LogP contribution is 2.17. The molecule has 1 atom stereocenters. The van der Waals surface area contributed by atoms with Gasteiger partial charge in [0.15, 0.2) is 5.96 Å². The fourth-order valence-corrected chi connectivity index (χ4v) is 4.17. The van der Waals surface area contributed by atoms with Crippen LogP contribution in [-0.2, 0) is 17.8 Å². The second-order valence-electron chi connectivity index (χ2n) is 7.73. The van der Waals surface area contributed by atoms with E-state index < -0.39 is 0 Å². The Hall–Kier alpha value is -1.65. The molecule has 0 bridgehead atoms. The minimum Gasteiger partial charge on any atom is -0.379 e. The van der Waals surface area contributed by atoms with Crippen molar-refractivity contribution < 1.29 is 4.74 Å². The molecule has 164 valence electrons. The summed E-state index contributed by atoms with van der Waals surface area (Å²) in [5.41, 5.74) is 2.48. The van der Waals surface area contributed by atoms with Gasteiger partial charge in [0.25, 0.3) is 0 Å². The van der Waals surface area contributed by atoms with E-state index in [2.05, 4.69) is 51.4 Å². The normalized spacial score (nSPS) is 20.2. The van der Waals surface area contributed by atoms with Crippen molar-refractivity contribution in [3.05, 3.63) is 53.9 Å². The van der Waals surface area contributed by atoms with Gasteiger partial charge < -0.3 is 15.0 Å². The van der Waals surface area contributed by atoms with Gasteiger partial charge in [0.1, 0.15) is 0 Å². The molecule has 2 aliphatic heterocycles. The van der Waals surface area contributed by atoms with Gasteiger partial charge in [-0.15, -0.1) is 24.0 Å². The summed E-state index contributed by atoms with van der Waals surface area (Å²) >= 11 is 0. The molecule has 2 aliphatic rings. The van der Waals surface area contributed by atoms with Crippen LogP contribution in [0, 0.1) is 0 Å². The van der Waals surface area contributed by atoms with E-state index in [9.17, 15) is 0 Å². The third-order valence-corrected chi connectivity index (χ3v) is 5.67. The van der Waals surface area contributed by atoms with Gasteiger partial charge in [0, 0.05) is 51.2 Å². The molecular formula is C22H33IN6O. The van der Waals surface area contributed by atoms with Crippen LogP contribution in [0.1, 0.15) is 24.5 Å². The Labute approximate surface area is 196 Å². The summed E-state index contributed by atoms with van der Waals surface area (Å²) in [6.07, 6.45) is 5.01. The van der Waals surface area contributed by atoms with Gasteiger partial charge in [0.2, 0.25) is 0 Å². The first-order chi connectivity index (χ1) is 14.3. The Balaban J connectivity index is 0.00000256. The number of morpholine rings is 1. The van der Waals surface area contributed by atoms with Crippen molar-refractivity contribution in [3.8, 4) is 0 Å². The smallest absolute Gasteiger partial charge is 0.194 e. The van der Waals surface area contributed by atoms with Crippen molar-refractivity contribution in [1.82, 2.24) is 24.9 Å².